The van der Waals surface area contributed by atoms with Crippen LogP contribution in [0.3, 0.4) is 0 Å². The van der Waals surface area contributed by atoms with Crippen LogP contribution in [0.25, 0.3) is 0 Å². The van der Waals surface area contributed by atoms with Crippen LogP contribution in [-0.4, -0.2) is 59.1 Å². The fraction of sp³-hybridized carbons (Fsp3) is 0.500. The standard InChI is InChI=1S/C20H25N3O4/c1-12(2)11-23-19(26)16-5-4-14(10-17(16)20(23)27)18(25)21-15-6-8-22(9-7-15)13(3)24/h4-5,10,12,15H,6-9,11H2,1-3H3,(H,21,25). The van der Waals surface area contributed by atoms with Crippen LogP contribution in [0.15, 0.2) is 18.2 Å². The van der Waals surface area contributed by atoms with Crippen LogP contribution in [0.5, 0.6) is 0 Å². The van der Waals surface area contributed by atoms with Gasteiger partial charge in [-0.15, -0.1) is 0 Å². The van der Waals surface area contributed by atoms with Gasteiger partial charge in [-0.2, -0.15) is 0 Å². The number of likely N-dealkylation sites (tertiary alicyclic amines) is 1. The van der Waals surface area contributed by atoms with Crippen molar-refractivity contribution in [3.63, 3.8) is 0 Å². The molecule has 4 amide bonds. The maximum absolute atomic E-state index is 12.6. The Morgan fingerprint density at radius 3 is 2.33 bits per heavy atom. The Balaban J connectivity index is 1.69. The first-order chi connectivity index (χ1) is 12.8. The molecule has 0 radical (unpaired) electrons. The van der Waals surface area contributed by atoms with Gasteiger partial charge in [0.15, 0.2) is 0 Å². The van der Waals surface area contributed by atoms with Gasteiger partial charge in [0, 0.05) is 38.2 Å². The third-order valence-electron chi connectivity index (χ3n) is 5.06. The number of piperidine rings is 1. The summed E-state index contributed by atoms with van der Waals surface area (Å²) in [6.07, 6.45) is 1.41. The summed E-state index contributed by atoms with van der Waals surface area (Å²) < 4.78 is 0. The number of benzene rings is 1. The second kappa shape index (κ2) is 7.50. The highest BCUT2D eigenvalue weighted by atomic mass is 16.2. The molecule has 0 aromatic heterocycles. The molecule has 1 aromatic carbocycles. The van der Waals surface area contributed by atoms with Crippen LogP contribution in [-0.2, 0) is 4.79 Å². The number of nitrogens with zero attached hydrogens (tertiary/aromatic N) is 2. The Kier molecular flexibility index (Phi) is 5.30. The van der Waals surface area contributed by atoms with Crippen LogP contribution >= 0.6 is 0 Å². The Morgan fingerprint density at radius 1 is 1.11 bits per heavy atom. The summed E-state index contributed by atoms with van der Waals surface area (Å²) in [4.78, 5) is 51.9. The molecule has 27 heavy (non-hydrogen) atoms. The van der Waals surface area contributed by atoms with Crippen molar-refractivity contribution in [2.75, 3.05) is 19.6 Å². The SMILES string of the molecule is CC(=O)N1CCC(NC(=O)c2ccc3c(c2)C(=O)N(CC(C)C)C3=O)CC1. The summed E-state index contributed by atoms with van der Waals surface area (Å²) in [6, 6.07) is 4.65. The maximum Gasteiger partial charge on any atom is 0.261 e. The predicted molar refractivity (Wildman–Crippen MR) is 99.4 cm³/mol. The van der Waals surface area contributed by atoms with Crippen molar-refractivity contribution in [3.05, 3.63) is 34.9 Å². The lowest BCUT2D eigenvalue weighted by molar-refractivity contribution is -0.129. The molecule has 0 aliphatic carbocycles. The molecular weight excluding hydrogens is 346 g/mol. The van der Waals surface area contributed by atoms with Gasteiger partial charge in [-0.3, -0.25) is 24.1 Å². The van der Waals surface area contributed by atoms with Gasteiger partial charge in [0.1, 0.15) is 0 Å². The smallest absolute Gasteiger partial charge is 0.261 e. The molecule has 2 heterocycles. The number of nitrogens with one attached hydrogen (secondary N) is 1. The molecular formula is C20H25N3O4. The topological polar surface area (TPSA) is 86.8 Å². The molecule has 1 aromatic rings. The van der Waals surface area contributed by atoms with Crippen LogP contribution in [0.4, 0.5) is 0 Å². The Bertz CT molecular complexity index is 794. The average Bonchev–Trinajstić information content (AvgIpc) is 2.86. The van der Waals surface area contributed by atoms with Gasteiger partial charge < -0.3 is 10.2 Å². The van der Waals surface area contributed by atoms with E-state index in [1.54, 1.807) is 24.0 Å². The predicted octanol–water partition coefficient (Wildman–Crippen LogP) is 1.68. The number of hydrogen-bond acceptors (Lipinski definition) is 4. The van der Waals surface area contributed by atoms with Crippen molar-refractivity contribution in [1.82, 2.24) is 15.1 Å². The molecule has 7 heteroatoms. The van der Waals surface area contributed by atoms with Gasteiger partial charge in [0.05, 0.1) is 11.1 Å². The minimum atomic E-state index is -0.340. The molecule has 2 aliphatic rings. The molecule has 7 nitrogen and oxygen atoms in total. The molecule has 2 aliphatic heterocycles. The molecule has 0 saturated carbocycles. The third kappa shape index (κ3) is 3.86. The lowest BCUT2D eigenvalue weighted by Gasteiger charge is -2.31. The van der Waals surface area contributed by atoms with Gasteiger partial charge in [-0.05, 0) is 37.0 Å². The van der Waals surface area contributed by atoms with E-state index in [1.807, 2.05) is 13.8 Å². The zero-order valence-electron chi connectivity index (χ0n) is 15.9. The van der Waals surface area contributed by atoms with E-state index < -0.39 is 0 Å². The lowest BCUT2D eigenvalue weighted by Crippen LogP contribution is -2.46. The normalized spacial score (nSPS) is 17.5. The third-order valence-corrected chi connectivity index (χ3v) is 5.06. The number of fused-ring (bicyclic) bond motifs is 1. The van der Waals surface area contributed by atoms with Crippen molar-refractivity contribution in [1.29, 1.82) is 0 Å². The quantitative estimate of drug-likeness (QED) is 0.816. The number of carbonyl (C=O) groups excluding carboxylic acids is 4. The fourth-order valence-corrected chi connectivity index (χ4v) is 3.57. The van der Waals surface area contributed by atoms with Gasteiger partial charge >= 0.3 is 0 Å². The van der Waals surface area contributed by atoms with Crippen molar-refractivity contribution in [2.45, 2.75) is 39.7 Å². The van der Waals surface area contributed by atoms with Gasteiger partial charge in [0.2, 0.25) is 5.91 Å². The van der Waals surface area contributed by atoms with E-state index in [0.717, 1.165) is 0 Å². The minimum absolute atomic E-state index is 0.00359. The first-order valence-corrected chi connectivity index (χ1v) is 9.34. The average molecular weight is 371 g/mol. The first kappa shape index (κ1) is 19.1. The highest BCUT2D eigenvalue weighted by Gasteiger charge is 2.36. The van der Waals surface area contributed by atoms with E-state index in [9.17, 15) is 19.2 Å². The molecule has 1 saturated heterocycles. The highest BCUT2D eigenvalue weighted by molar-refractivity contribution is 6.22. The molecule has 0 spiro atoms. The van der Waals surface area contributed by atoms with E-state index >= 15 is 0 Å². The number of rotatable bonds is 4. The molecule has 0 bridgehead atoms. The van der Waals surface area contributed by atoms with E-state index in [0.29, 0.717) is 49.2 Å². The summed E-state index contributed by atoms with van der Waals surface area (Å²) in [5.74, 6) is -0.676. The summed E-state index contributed by atoms with van der Waals surface area (Å²) in [5.41, 5.74) is 1.02. The van der Waals surface area contributed by atoms with Crippen LogP contribution in [0.1, 0.15) is 64.7 Å². The van der Waals surface area contributed by atoms with Crippen molar-refractivity contribution in [2.24, 2.45) is 5.92 Å². The summed E-state index contributed by atoms with van der Waals surface area (Å²) in [6.45, 7) is 7.05. The second-order valence-electron chi connectivity index (χ2n) is 7.63. The van der Waals surface area contributed by atoms with Crippen LogP contribution < -0.4 is 5.32 Å². The van der Waals surface area contributed by atoms with E-state index in [1.165, 1.54) is 11.0 Å². The van der Waals surface area contributed by atoms with Gasteiger partial charge in [-0.25, -0.2) is 0 Å². The van der Waals surface area contributed by atoms with Crippen LogP contribution in [0, 0.1) is 5.92 Å². The zero-order valence-corrected chi connectivity index (χ0v) is 15.9. The van der Waals surface area contributed by atoms with E-state index in [4.69, 9.17) is 0 Å². The molecule has 0 unspecified atom stereocenters. The van der Waals surface area contributed by atoms with Gasteiger partial charge in [-0.1, -0.05) is 13.8 Å². The molecule has 144 valence electrons. The van der Waals surface area contributed by atoms with E-state index in [-0.39, 0.29) is 35.6 Å². The Labute approximate surface area is 158 Å². The number of hydrogen-bond donors (Lipinski definition) is 1. The number of imide groups is 1. The summed E-state index contributed by atoms with van der Waals surface area (Å²) >= 11 is 0. The molecule has 3 rings (SSSR count). The largest absolute Gasteiger partial charge is 0.349 e. The summed E-state index contributed by atoms with van der Waals surface area (Å²) in [7, 11) is 0. The fourth-order valence-electron chi connectivity index (χ4n) is 3.57. The highest BCUT2D eigenvalue weighted by Crippen LogP contribution is 2.25. The molecule has 0 atom stereocenters. The lowest BCUT2D eigenvalue weighted by atomic mass is 10.0. The minimum Gasteiger partial charge on any atom is -0.349 e. The zero-order chi connectivity index (χ0) is 19.7. The van der Waals surface area contributed by atoms with Gasteiger partial charge in [0.25, 0.3) is 17.7 Å². The van der Waals surface area contributed by atoms with Crippen molar-refractivity contribution >= 4 is 23.6 Å². The maximum atomic E-state index is 12.6. The van der Waals surface area contributed by atoms with Crippen molar-refractivity contribution < 1.29 is 19.2 Å². The van der Waals surface area contributed by atoms with E-state index in [2.05, 4.69) is 5.32 Å². The monoisotopic (exact) mass is 371 g/mol. The number of amides is 4. The number of carbonyl (C=O) groups is 4. The molecule has 1 N–H and O–H groups in total. The van der Waals surface area contributed by atoms with Crippen molar-refractivity contribution in [3.8, 4) is 0 Å². The van der Waals surface area contributed by atoms with Crippen LogP contribution in [0.2, 0.25) is 0 Å². The molecule has 1 fully saturated rings. The Morgan fingerprint density at radius 2 is 1.74 bits per heavy atom. The summed E-state index contributed by atoms with van der Waals surface area (Å²) in [5, 5.41) is 2.97. The first-order valence-electron chi connectivity index (χ1n) is 9.34. The second-order valence-corrected chi connectivity index (χ2v) is 7.63. The Hall–Kier alpha value is -2.70.